The molecular weight excluding hydrogens is 236 g/mol. The van der Waals surface area contributed by atoms with E-state index in [1.165, 1.54) is 13.8 Å². The lowest BCUT2D eigenvalue weighted by molar-refractivity contribution is 0.0488. The smallest absolute Gasteiger partial charge is 0.454 e. The fourth-order valence-electron chi connectivity index (χ4n) is 1.24. The predicted octanol–water partition coefficient (Wildman–Crippen LogP) is 1.78. The fraction of sp³-hybridized carbons (Fsp3) is 0.417. The molecule has 0 saturated heterocycles. The van der Waals surface area contributed by atoms with E-state index < -0.39 is 14.9 Å². The van der Waals surface area contributed by atoms with Crippen LogP contribution in [0, 0.1) is 0 Å². The largest absolute Gasteiger partial charge is 0.519 e. The van der Waals surface area contributed by atoms with E-state index in [1.54, 1.807) is 31.4 Å². The SMILES string of the molecule is CO[Si](C)Oc1ccc(C(=O)C(C)(C)O)cc1. The molecule has 0 atom stereocenters. The van der Waals surface area contributed by atoms with Crippen LogP contribution in [0.4, 0.5) is 0 Å². The molecule has 0 amide bonds. The standard InChI is InChI=1S/C12H17O4Si/c1-12(2,14)11(13)9-5-7-10(8-6-9)16-17(4)15-3/h5-8,14H,1-4H3. The predicted molar refractivity (Wildman–Crippen MR) is 66.3 cm³/mol. The first-order valence-corrected chi connectivity index (χ1v) is 7.09. The molecule has 93 valence electrons. The number of hydrogen-bond acceptors (Lipinski definition) is 4. The van der Waals surface area contributed by atoms with E-state index in [0.29, 0.717) is 11.3 Å². The molecule has 0 fully saturated rings. The van der Waals surface area contributed by atoms with Crippen molar-refractivity contribution in [3.8, 4) is 5.75 Å². The van der Waals surface area contributed by atoms with Crippen LogP contribution in [-0.2, 0) is 4.43 Å². The van der Waals surface area contributed by atoms with Gasteiger partial charge in [-0.15, -0.1) is 0 Å². The highest BCUT2D eigenvalue weighted by Gasteiger charge is 2.25. The number of hydrogen-bond donors (Lipinski definition) is 1. The number of ketones is 1. The van der Waals surface area contributed by atoms with E-state index in [9.17, 15) is 9.90 Å². The summed E-state index contributed by atoms with van der Waals surface area (Å²) in [4.78, 5) is 11.7. The zero-order valence-electron chi connectivity index (χ0n) is 10.5. The fourth-order valence-corrected chi connectivity index (χ4v) is 1.79. The van der Waals surface area contributed by atoms with E-state index in [4.69, 9.17) is 8.85 Å². The van der Waals surface area contributed by atoms with Gasteiger partial charge in [-0.25, -0.2) is 0 Å². The lowest BCUT2D eigenvalue weighted by atomic mass is 9.97. The minimum absolute atomic E-state index is 0.308. The number of carbonyl (C=O) groups is 1. The van der Waals surface area contributed by atoms with Crippen LogP contribution >= 0.6 is 0 Å². The van der Waals surface area contributed by atoms with Crippen molar-refractivity contribution >= 4 is 15.1 Å². The average Bonchev–Trinajstić information content (AvgIpc) is 2.27. The van der Waals surface area contributed by atoms with Gasteiger partial charge in [0.25, 0.3) is 0 Å². The van der Waals surface area contributed by atoms with E-state index in [0.717, 1.165) is 0 Å². The van der Waals surface area contributed by atoms with Gasteiger partial charge in [-0.1, -0.05) is 0 Å². The molecule has 0 aliphatic rings. The highest BCUT2D eigenvalue weighted by molar-refractivity contribution is 6.43. The Labute approximate surface area is 103 Å². The Morgan fingerprint density at radius 2 is 1.82 bits per heavy atom. The summed E-state index contributed by atoms with van der Waals surface area (Å²) in [6, 6.07) is 6.68. The molecule has 5 heteroatoms. The molecule has 17 heavy (non-hydrogen) atoms. The average molecular weight is 253 g/mol. The quantitative estimate of drug-likeness (QED) is 0.642. The lowest BCUT2D eigenvalue weighted by Crippen LogP contribution is -2.31. The Morgan fingerprint density at radius 3 is 2.24 bits per heavy atom. The second-order valence-corrected chi connectivity index (χ2v) is 5.81. The zero-order chi connectivity index (χ0) is 13.1. The number of carbonyl (C=O) groups excluding carboxylic acids is 1. The Hall–Kier alpha value is -1.17. The first-order chi connectivity index (χ1) is 7.84. The Balaban J connectivity index is 2.78. The van der Waals surface area contributed by atoms with Crippen LogP contribution in [0.15, 0.2) is 24.3 Å². The van der Waals surface area contributed by atoms with Crippen LogP contribution in [-0.4, -0.2) is 32.9 Å². The summed E-state index contributed by atoms with van der Waals surface area (Å²) in [5, 5.41) is 9.60. The third kappa shape index (κ3) is 3.96. The van der Waals surface area contributed by atoms with E-state index >= 15 is 0 Å². The topological polar surface area (TPSA) is 55.8 Å². The van der Waals surface area contributed by atoms with Crippen molar-refractivity contribution in [2.45, 2.75) is 26.0 Å². The second kappa shape index (κ2) is 5.44. The summed E-state index contributed by atoms with van der Waals surface area (Å²) >= 11 is 0. The van der Waals surface area contributed by atoms with Crippen molar-refractivity contribution in [3.05, 3.63) is 29.8 Å². The minimum atomic E-state index is -1.35. The van der Waals surface area contributed by atoms with Crippen molar-refractivity contribution in [1.82, 2.24) is 0 Å². The molecule has 1 radical (unpaired) electrons. The van der Waals surface area contributed by atoms with Gasteiger partial charge < -0.3 is 14.0 Å². The van der Waals surface area contributed by atoms with Crippen LogP contribution in [0.25, 0.3) is 0 Å². The molecule has 0 saturated carbocycles. The second-order valence-electron chi connectivity index (χ2n) is 4.21. The summed E-state index contributed by atoms with van der Waals surface area (Å²) in [6.07, 6.45) is 0. The maximum absolute atomic E-state index is 11.7. The molecule has 1 aromatic rings. The number of rotatable bonds is 5. The van der Waals surface area contributed by atoms with E-state index in [-0.39, 0.29) is 5.78 Å². The molecule has 0 bridgehead atoms. The third-order valence-corrected chi connectivity index (χ3v) is 3.32. The summed E-state index contributed by atoms with van der Waals surface area (Å²) < 4.78 is 10.5. The Kier molecular flexibility index (Phi) is 4.44. The molecule has 0 aliphatic carbocycles. The maximum Gasteiger partial charge on any atom is 0.454 e. The first kappa shape index (κ1) is 13.9. The summed E-state index contributed by atoms with van der Waals surface area (Å²) in [7, 11) is 0.321. The van der Waals surface area contributed by atoms with Gasteiger partial charge in [0.1, 0.15) is 11.4 Å². The van der Waals surface area contributed by atoms with Gasteiger partial charge in [-0.05, 0) is 44.7 Å². The highest BCUT2D eigenvalue weighted by atomic mass is 28.3. The van der Waals surface area contributed by atoms with E-state index in [1.807, 2.05) is 6.55 Å². The lowest BCUT2D eigenvalue weighted by Gasteiger charge is -2.16. The number of Topliss-reactive ketones (excluding diaryl/α,β-unsaturated/α-hetero) is 1. The summed E-state index contributed by atoms with van der Waals surface area (Å²) in [6.45, 7) is 4.82. The molecule has 1 N–H and O–H groups in total. The molecular formula is C12H17O4Si. The monoisotopic (exact) mass is 253 g/mol. The van der Waals surface area contributed by atoms with Gasteiger partial charge in [0.15, 0.2) is 5.78 Å². The zero-order valence-corrected chi connectivity index (χ0v) is 11.5. The van der Waals surface area contributed by atoms with Gasteiger partial charge >= 0.3 is 9.28 Å². The van der Waals surface area contributed by atoms with Gasteiger partial charge in [0.2, 0.25) is 0 Å². The van der Waals surface area contributed by atoms with Gasteiger partial charge in [0, 0.05) is 12.7 Å². The van der Waals surface area contributed by atoms with Gasteiger partial charge in [-0.2, -0.15) is 0 Å². The summed E-state index contributed by atoms with van der Waals surface area (Å²) in [5.74, 6) is 0.355. The first-order valence-electron chi connectivity index (χ1n) is 5.27. The van der Waals surface area contributed by atoms with Crippen molar-refractivity contribution in [2.24, 2.45) is 0 Å². The molecule has 0 heterocycles. The van der Waals surface area contributed by atoms with E-state index in [2.05, 4.69) is 0 Å². The van der Waals surface area contributed by atoms with Crippen LogP contribution in [0.3, 0.4) is 0 Å². The van der Waals surface area contributed by atoms with Crippen molar-refractivity contribution in [2.75, 3.05) is 7.11 Å². The number of aliphatic hydroxyl groups is 1. The third-order valence-electron chi connectivity index (χ3n) is 2.22. The Morgan fingerprint density at radius 1 is 1.29 bits per heavy atom. The highest BCUT2D eigenvalue weighted by Crippen LogP contribution is 2.17. The molecule has 4 nitrogen and oxygen atoms in total. The van der Waals surface area contributed by atoms with Crippen molar-refractivity contribution in [1.29, 1.82) is 0 Å². The normalized spacial score (nSPS) is 11.6. The molecule has 0 aromatic heterocycles. The Bertz CT molecular complexity index is 380. The molecule has 0 unspecified atom stereocenters. The van der Waals surface area contributed by atoms with Crippen molar-refractivity contribution < 1.29 is 18.8 Å². The van der Waals surface area contributed by atoms with Crippen LogP contribution < -0.4 is 4.43 Å². The summed E-state index contributed by atoms with van der Waals surface area (Å²) in [5.41, 5.74) is -0.888. The van der Waals surface area contributed by atoms with Crippen LogP contribution in [0.1, 0.15) is 24.2 Å². The minimum Gasteiger partial charge on any atom is -0.519 e. The number of benzene rings is 1. The maximum atomic E-state index is 11.7. The van der Waals surface area contributed by atoms with Crippen molar-refractivity contribution in [3.63, 3.8) is 0 Å². The van der Waals surface area contributed by atoms with Crippen LogP contribution in [0.2, 0.25) is 6.55 Å². The van der Waals surface area contributed by atoms with Crippen LogP contribution in [0.5, 0.6) is 5.75 Å². The van der Waals surface area contributed by atoms with Gasteiger partial charge in [-0.3, -0.25) is 4.79 Å². The molecule has 0 aliphatic heterocycles. The molecule has 1 aromatic carbocycles. The molecule has 0 spiro atoms. The molecule has 1 rings (SSSR count). The van der Waals surface area contributed by atoms with Gasteiger partial charge in [0.05, 0.1) is 0 Å².